The zero-order chi connectivity index (χ0) is 9.98. The molecule has 0 aromatic carbocycles. The Bertz CT molecular complexity index is 99.2. The molecule has 0 radical (unpaired) electrons. The van der Waals surface area contributed by atoms with Crippen LogP contribution in [0.3, 0.4) is 0 Å². The molecule has 0 aliphatic carbocycles. The number of ether oxygens (including phenoxy) is 2. The topological polar surface area (TPSA) is 55.8 Å². The van der Waals surface area contributed by atoms with Gasteiger partial charge < -0.3 is 14.6 Å². The minimum Gasteiger partial charge on any atom is -0.463 e. The Balaban J connectivity index is 0. The van der Waals surface area contributed by atoms with Crippen LogP contribution in [0.5, 0.6) is 0 Å². The fourth-order valence-corrected chi connectivity index (χ4v) is 0.238. The van der Waals surface area contributed by atoms with Crippen molar-refractivity contribution in [2.45, 2.75) is 26.9 Å². The van der Waals surface area contributed by atoms with Crippen LogP contribution in [0.25, 0.3) is 0 Å². The number of hydrogen-bond donors (Lipinski definition) is 1. The van der Waals surface area contributed by atoms with Gasteiger partial charge >= 0.3 is 5.97 Å². The van der Waals surface area contributed by atoms with Crippen LogP contribution in [-0.2, 0) is 14.3 Å². The third kappa shape index (κ3) is 22.8. The summed E-state index contributed by atoms with van der Waals surface area (Å²) < 4.78 is 8.96. The lowest BCUT2D eigenvalue weighted by molar-refractivity contribution is -0.143. The number of rotatable bonds is 3. The van der Waals surface area contributed by atoms with Gasteiger partial charge in [-0.25, -0.2) is 0 Å². The van der Waals surface area contributed by atoms with E-state index < -0.39 is 6.10 Å². The summed E-state index contributed by atoms with van der Waals surface area (Å²) in [5, 5.41) is 8.52. The molecule has 0 amide bonds. The molecule has 1 N–H and O–H groups in total. The van der Waals surface area contributed by atoms with Crippen LogP contribution in [0.4, 0.5) is 0 Å². The summed E-state index contributed by atoms with van der Waals surface area (Å²) in [5.41, 5.74) is 0. The summed E-state index contributed by atoms with van der Waals surface area (Å²) in [6, 6.07) is 0. The van der Waals surface area contributed by atoms with E-state index in [4.69, 9.17) is 5.11 Å². The molecule has 0 heterocycles. The first-order chi connectivity index (χ1) is 5.54. The molecule has 4 heteroatoms. The number of esters is 1. The molecule has 0 aromatic rings. The van der Waals surface area contributed by atoms with Gasteiger partial charge in [-0.15, -0.1) is 0 Å². The molecule has 12 heavy (non-hydrogen) atoms. The lowest BCUT2D eigenvalue weighted by atomic mass is 10.4. The standard InChI is InChI=1S/C5H10O3.C3H8O/c1-4(6)3-8-5(2)7;1-3-4-2/h4,6H,3H2,1-2H3;3H2,1-2H3. The first kappa shape index (κ1) is 13.9. The average molecular weight is 178 g/mol. The molecule has 0 aliphatic rings. The molecular weight excluding hydrogens is 160 g/mol. The van der Waals surface area contributed by atoms with Crippen LogP contribution in [0, 0.1) is 0 Å². The number of aliphatic hydroxyl groups excluding tert-OH is 1. The van der Waals surface area contributed by atoms with Gasteiger partial charge in [-0.3, -0.25) is 4.79 Å². The van der Waals surface area contributed by atoms with Crippen molar-refractivity contribution >= 4 is 5.97 Å². The zero-order valence-corrected chi connectivity index (χ0v) is 8.16. The molecule has 1 atom stereocenters. The smallest absolute Gasteiger partial charge is 0.302 e. The molecule has 0 fully saturated rings. The van der Waals surface area contributed by atoms with Crippen LogP contribution < -0.4 is 0 Å². The Morgan fingerprint density at radius 2 is 2.00 bits per heavy atom. The molecule has 0 saturated carbocycles. The average Bonchev–Trinajstić information content (AvgIpc) is 2.01. The molecule has 0 bridgehead atoms. The fraction of sp³-hybridized carbons (Fsp3) is 0.875. The highest BCUT2D eigenvalue weighted by atomic mass is 16.5. The quantitative estimate of drug-likeness (QED) is 0.642. The summed E-state index contributed by atoms with van der Waals surface area (Å²) in [4.78, 5) is 10.0. The van der Waals surface area contributed by atoms with Gasteiger partial charge in [0, 0.05) is 20.6 Å². The van der Waals surface area contributed by atoms with Crippen molar-refractivity contribution in [1.29, 1.82) is 0 Å². The van der Waals surface area contributed by atoms with E-state index >= 15 is 0 Å². The van der Waals surface area contributed by atoms with Crippen molar-refractivity contribution in [3.05, 3.63) is 0 Å². The number of aliphatic hydroxyl groups is 1. The largest absolute Gasteiger partial charge is 0.463 e. The van der Waals surface area contributed by atoms with Crippen LogP contribution in [0.2, 0.25) is 0 Å². The molecular formula is C8H18O4. The van der Waals surface area contributed by atoms with Crippen molar-refractivity contribution in [3.63, 3.8) is 0 Å². The molecule has 0 rings (SSSR count). The van der Waals surface area contributed by atoms with Gasteiger partial charge in [-0.1, -0.05) is 0 Å². The van der Waals surface area contributed by atoms with Crippen LogP contribution >= 0.6 is 0 Å². The minimum absolute atomic E-state index is 0.0926. The van der Waals surface area contributed by atoms with Crippen molar-refractivity contribution in [1.82, 2.24) is 0 Å². The number of carbonyl (C=O) groups is 1. The first-order valence-corrected chi connectivity index (χ1v) is 3.84. The van der Waals surface area contributed by atoms with Crippen molar-refractivity contribution in [2.75, 3.05) is 20.3 Å². The van der Waals surface area contributed by atoms with Gasteiger partial charge in [0.2, 0.25) is 0 Å². The van der Waals surface area contributed by atoms with Gasteiger partial charge in [0.05, 0.1) is 6.10 Å². The Kier molecular flexibility index (Phi) is 12.1. The second kappa shape index (κ2) is 10.4. The molecule has 0 aliphatic heterocycles. The van der Waals surface area contributed by atoms with Gasteiger partial charge in [0.25, 0.3) is 0 Å². The predicted molar refractivity (Wildman–Crippen MR) is 45.9 cm³/mol. The zero-order valence-electron chi connectivity index (χ0n) is 8.16. The highest BCUT2D eigenvalue weighted by molar-refractivity contribution is 5.65. The summed E-state index contributed by atoms with van der Waals surface area (Å²) in [6.45, 7) is 5.74. The van der Waals surface area contributed by atoms with E-state index in [0.717, 1.165) is 6.61 Å². The lowest BCUT2D eigenvalue weighted by Gasteiger charge is -2.01. The van der Waals surface area contributed by atoms with E-state index in [2.05, 4.69) is 9.47 Å². The summed E-state index contributed by atoms with van der Waals surface area (Å²) in [5.74, 6) is -0.356. The second-order valence-corrected chi connectivity index (χ2v) is 2.23. The summed E-state index contributed by atoms with van der Waals surface area (Å²) in [6.07, 6.45) is -0.557. The molecule has 0 spiro atoms. The van der Waals surface area contributed by atoms with Crippen molar-refractivity contribution in [2.24, 2.45) is 0 Å². The maximum absolute atomic E-state index is 10.0. The van der Waals surface area contributed by atoms with Crippen LogP contribution in [0.15, 0.2) is 0 Å². The van der Waals surface area contributed by atoms with E-state index in [9.17, 15) is 4.79 Å². The van der Waals surface area contributed by atoms with Crippen LogP contribution in [-0.4, -0.2) is 37.5 Å². The second-order valence-electron chi connectivity index (χ2n) is 2.23. The molecule has 1 unspecified atom stereocenters. The van der Waals surface area contributed by atoms with Gasteiger partial charge in [-0.2, -0.15) is 0 Å². The van der Waals surface area contributed by atoms with Crippen molar-refractivity contribution in [3.8, 4) is 0 Å². The number of hydrogen-bond acceptors (Lipinski definition) is 4. The van der Waals surface area contributed by atoms with E-state index in [0.29, 0.717) is 0 Å². The summed E-state index contributed by atoms with van der Waals surface area (Å²) >= 11 is 0. The molecule has 0 aromatic heterocycles. The Hall–Kier alpha value is -0.610. The lowest BCUT2D eigenvalue weighted by Crippen LogP contribution is -2.12. The third-order valence-electron chi connectivity index (χ3n) is 0.816. The molecule has 74 valence electrons. The highest BCUT2D eigenvalue weighted by Crippen LogP contribution is 1.81. The minimum atomic E-state index is -0.557. The Labute approximate surface area is 73.5 Å². The van der Waals surface area contributed by atoms with Crippen molar-refractivity contribution < 1.29 is 19.4 Å². The fourth-order valence-electron chi connectivity index (χ4n) is 0.238. The predicted octanol–water partition coefficient (Wildman–Crippen LogP) is 0.583. The van der Waals surface area contributed by atoms with E-state index in [1.54, 1.807) is 14.0 Å². The molecule has 0 saturated heterocycles. The van der Waals surface area contributed by atoms with Gasteiger partial charge in [0.1, 0.15) is 6.61 Å². The maximum atomic E-state index is 10.0. The summed E-state index contributed by atoms with van der Waals surface area (Å²) in [7, 11) is 1.68. The van der Waals surface area contributed by atoms with Gasteiger partial charge in [-0.05, 0) is 13.8 Å². The first-order valence-electron chi connectivity index (χ1n) is 3.84. The normalized spacial score (nSPS) is 11.1. The SMILES string of the molecule is CC(=O)OCC(C)O.CCOC. The number of carbonyl (C=O) groups excluding carboxylic acids is 1. The number of methoxy groups -OCH3 is 1. The molecule has 4 nitrogen and oxygen atoms in total. The third-order valence-corrected chi connectivity index (χ3v) is 0.816. The Morgan fingerprint density at radius 1 is 1.58 bits per heavy atom. The van der Waals surface area contributed by atoms with E-state index in [1.165, 1.54) is 6.92 Å². The highest BCUT2D eigenvalue weighted by Gasteiger charge is 1.96. The monoisotopic (exact) mass is 178 g/mol. The van der Waals surface area contributed by atoms with E-state index in [-0.39, 0.29) is 12.6 Å². The van der Waals surface area contributed by atoms with Crippen LogP contribution in [0.1, 0.15) is 20.8 Å². The van der Waals surface area contributed by atoms with E-state index in [1.807, 2.05) is 6.92 Å². The van der Waals surface area contributed by atoms with Gasteiger partial charge in [0.15, 0.2) is 0 Å². The Morgan fingerprint density at radius 3 is 2.08 bits per heavy atom. The maximum Gasteiger partial charge on any atom is 0.302 e.